The molecule has 0 bridgehead atoms. The number of hydrogen-bond donors (Lipinski definition) is 2. The molecule has 2 aliphatic carbocycles. The number of nitrogens with one attached hydrogen (secondary N) is 2. The van der Waals surface area contributed by atoms with Crippen molar-refractivity contribution in [3.05, 3.63) is 35.9 Å². The number of rotatable bonds is 4. The van der Waals surface area contributed by atoms with E-state index in [1.165, 1.54) is 6.42 Å². The highest BCUT2D eigenvalue weighted by Gasteiger charge is 2.42. The summed E-state index contributed by atoms with van der Waals surface area (Å²) in [6.07, 6.45) is 5.85. The lowest BCUT2D eigenvalue weighted by molar-refractivity contribution is -0.132. The maximum atomic E-state index is 12.8. The second-order valence-corrected chi connectivity index (χ2v) is 7.96. The molecule has 2 saturated carbocycles. The molecule has 3 fully saturated rings. The predicted octanol–water partition coefficient (Wildman–Crippen LogP) is 2.43. The van der Waals surface area contributed by atoms with Gasteiger partial charge in [0.05, 0.1) is 18.8 Å². The summed E-state index contributed by atoms with van der Waals surface area (Å²) in [5.74, 6) is 0.145. The summed E-state index contributed by atoms with van der Waals surface area (Å²) in [7, 11) is 0. The van der Waals surface area contributed by atoms with Gasteiger partial charge in [0.25, 0.3) is 0 Å². The van der Waals surface area contributed by atoms with E-state index in [-0.39, 0.29) is 30.0 Å². The molecule has 1 heterocycles. The van der Waals surface area contributed by atoms with Crippen LogP contribution in [0, 0.1) is 5.92 Å². The van der Waals surface area contributed by atoms with E-state index in [2.05, 4.69) is 10.6 Å². The Morgan fingerprint density at radius 1 is 1.11 bits per heavy atom. The predicted molar refractivity (Wildman–Crippen MR) is 102 cm³/mol. The molecule has 1 aromatic rings. The Hall–Kier alpha value is -2.08. The number of hydrogen-bond acceptors (Lipinski definition) is 3. The van der Waals surface area contributed by atoms with Crippen molar-refractivity contribution in [2.75, 3.05) is 13.2 Å². The van der Waals surface area contributed by atoms with E-state index in [4.69, 9.17) is 4.74 Å². The van der Waals surface area contributed by atoms with Gasteiger partial charge in [-0.1, -0.05) is 30.3 Å². The van der Waals surface area contributed by atoms with E-state index in [1.807, 2.05) is 35.2 Å². The summed E-state index contributed by atoms with van der Waals surface area (Å²) in [4.78, 5) is 27.3. The zero-order chi connectivity index (χ0) is 18.6. The highest BCUT2D eigenvalue weighted by atomic mass is 16.5. The van der Waals surface area contributed by atoms with Gasteiger partial charge in [0, 0.05) is 25.0 Å². The largest absolute Gasteiger partial charge is 0.374 e. The fraction of sp³-hybridized carbons (Fsp3) is 0.619. The molecule has 1 aliphatic heterocycles. The van der Waals surface area contributed by atoms with Crippen molar-refractivity contribution >= 4 is 11.9 Å². The van der Waals surface area contributed by atoms with Gasteiger partial charge >= 0.3 is 6.03 Å². The molecule has 2 N–H and O–H groups in total. The minimum absolute atomic E-state index is 0.0135. The first-order chi connectivity index (χ1) is 13.2. The Balaban J connectivity index is 1.35. The van der Waals surface area contributed by atoms with Crippen molar-refractivity contribution in [1.82, 2.24) is 15.5 Å². The van der Waals surface area contributed by atoms with Crippen molar-refractivity contribution in [2.24, 2.45) is 5.92 Å². The van der Waals surface area contributed by atoms with E-state index in [0.29, 0.717) is 32.2 Å². The number of amides is 3. The summed E-state index contributed by atoms with van der Waals surface area (Å²) < 4.78 is 5.91. The molecule has 1 saturated heterocycles. The second-order valence-electron chi connectivity index (χ2n) is 7.96. The molecular weight excluding hydrogens is 342 g/mol. The summed E-state index contributed by atoms with van der Waals surface area (Å²) in [5.41, 5.74) is 1.08. The molecular formula is C21H29N3O3. The number of ether oxygens (including phenoxy) is 1. The van der Waals surface area contributed by atoms with Crippen LogP contribution in [-0.2, 0) is 16.1 Å². The average Bonchev–Trinajstić information content (AvgIpc) is 2.68. The maximum absolute atomic E-state index is 12.8. The quantitative estimate of drug-likeness (QED) is 0.854. The van der Waals surface area contributed by atoms with E-state index in [0.717, 1.165) is 31.2 Å². The van der Waals surface area contributed by atoms with Crippen LogP contribution in [0.1, 0.15) is 44.1 Å². The first-order valence-corrected chi connectivity index (χ1v) is 10.2. The zero-order valence-corrected chi connectivity index (χ0v) is 15.7. The van der Waals surface area contributed by atoms with Crippen molar-refractivity contribution in [1.29, 1.82) is 0 Å². The number of benzene rings is 1. The summed E-state index contributed by atoms with van der Waals surface area (Å²) in [6.45, 7) is 1.66. The standard InChI is InChI=1S/C21H29N3O3/c25-20(23-17-7-4-8-17)16-9-10-19-18(13-16)24(11-12-27-19)21(26)22-14-15-5-2-1-3-6-15/h1-3,5-6,16-19H,4,7-14H2,(H,22,26)(H,23,25)/t16-,18+,19+/m0/s1. The van der Waals surface area contributed by atoms with Gasteiger partial charge in [-0.05, 0) is 44.1 Å². The van der Waals surface area contributed by atoms with Crippen molar-refractivity contribution in [3.63, 3.8) is 0 Å². The van der Waals surface area contributed by atoms with E-state index < -0.39 is 0 Å². The third-order valence-corrected chi connectivity index (χ3v) is 6.19. The number of carbonyl (C=O) groups is 2. The Morgan fingerprint density at radius 3 is 2.67 bits per heavy atom. The summed E-state index contributed by atoms with van der Waals surface area (Å²) >= 11 is 0. The second kappa shape index (κ2) is 8.30. The highest BCUT2D eigenvalue weighted by molar-refractivity contribution is 5.79. The fourth-order valence-electron chi connectivity index (χ4n) is 4.35. The number of fused-ring (bicyclic) bond motifs is 1. The molecule has 27 heavy (non-hydrogen) atoms. The topological polar surface area (TPSA) is 70.7 Å². The van der Waals surface area contributed by atoms with Crippen molar-refractivity contribution in [2.45, 2.75) is 63.3 Å². The van der Waals surface area contributed by atoms with Gasteiger partial charge in [-0.3, -0.25) is 4.79 Å². The number of urea groups is 1. The van der Waals surface area contributed by atoms with Crippen LogP contribution in [0.5, 0.6) is 0 Å². The molecule has 0 unspecified atom stereocenters. The van der Waals surface area contributed by atoms with Crippen molar-refractivity contribution in [3.8, 4) is 0 Å². The summed E-state index contributed by atoms with van der Waals surface area (Å²) in [6, 6.07) is 10.2. The van der Waals surface area contributed by atoms with E-state index in [9.17, 15) is 9.59 Å². The number of carbonyl (C=O) groups excluding carboxylic acids is 2. The van der Waals surface area contributed by atoms with Crippen LogP contribution >= 0.6 is 0 Å². The molecule has 6 heteroatoms. The molecule has 6 nitrogen and oxygen atoms in total. The molecule has 3 atom stereocenters. The van der Waals surface area contributed by atoms with Gasteiger partial charge in [-0.2, -0.15) is 0 Å². The molecule has 146 valence electrons. The minimum atomic E-state index is -0.0581. The third-order valence-electron chi connectivity index (χ3n) is 6.19. The maximum Gasteiger partial charge on any atom is 0.318 e. The molecule has 3 aliphatic rings. The van der Waals surface area contributed by atoms with Gasteiger partial charge in [0.15, 0.2) is 0 Å². The first kappa shape index (κ1) is 18.3. The smallest absolute Gasteiger partial charge is 0.318 e. The van der Waals surface area contributed by atoms with Crippen LogP contribution < -0.4 is 10.6 Å². The Labute approximate surface area is 160 Å². The van der Waals surface area contributed by atoms with Crippen LogP contribution in [0.2, 0.25) is 0 Å². The van der Waals surface area contributed by atoms with Gasteiger partial charge in [-0.15, -0.1) is 0 Å². The first-order valence-electron chi connectivity index (χ1n) is 10.2. The van der Waals surface area contributed by atoms with Gasteiger partial charge in [0.2, 0.25) is 5.91 Å². The van der Waals surface area contributed by atoms with E-state index in [1.54, 1.807) is 0 Å². The Kier molecular flexibility index (Phi) is 5.62. The average molecular weight is 371 g/mol. The molecule has 0 aromatic heterocycles. The van der Waals surface area contributed by atoms with Gasteiger partial charge in [-0.25, -0.2) is 4.79 Å². The zero-order valence-electron chi connectivity index (χ0n) is 15.7. The molecule has 0 spiro atoms. The van der Waals surface area contributed by atoms with Crippen LogP contribution in [0.25, 0.3) is 0 Å². The van der Waals surface area contributed by atoms with Crippen LogP contribution in [0.15, 0.2) is 30.3 Å². The van der Waals surface area contributed by atoms with Crippen LogP contribution in [-0.4, -0.2) is 48.2 Å². The van der Waals surface area contributed by atoms with E-state index >= 15 is 0 Å². The van der Waals surface area contributed by atoms with Gasteiger partial charge in [0.1, 0.15) is 0 Å². The van der Waals surface area contributed by atoms with Crippen LogP contribution in [0.4, 0.5) is 4.79 Å². The molecule has 4 rings (SSSR count). The molecule has 3 amide bonds. The van der Waals surface area contributed by atoms with Crippen molar-refractivity contribution < 1.29 is 14.3 Å². The number of nitrogens with zero attached hydrogens (tertiary/aromatic N) is 1. The Bertz CT molecular complexity index is 662. The minimum Gasteiger partial charge on any atom is -0.374 e. The SMILES string of the molecule is O=C(NC1CCC1)[C@H]1CC[C@H]2OCCN(C(=O)NCc3ccccc3)[C@@H]2C1. The van der Waals surface area contributed by atoms with Gasteiger partial charge < -0.3 is 20.3 Å². The highest BCUT2D eigenvalue weighted by Crippen LogP contribution is 2.33. The third kappa shape index (κ3) is 4.26. The van der Waals surface area contributed by atoms with Crippen LogP contribution in [0.3, 0.4) is 0 Å². The normalized spacial score (nSPS) is 28.0. The lowest BCUT2D eigenvalue weighted by Crippen LogP contribution is -2.59. The lowest BCUT2D eigenvalue weighted by Gasteiger charge is -2.45. The Morgan fingerprint density at radius 2 is 1.93 bits per heavy atom. The monoisotopic (exact) mass is 371 g/mol. The number of morpholine rings is 1. The summed E-state index contributed by atoms with van der Waals surface area (Å²) in [5, 5.41) is 6.20. The fourth-order valence-corrected chi connectivity index (χ4v) is 4.35. The molecule has 0 radical (unpaired) electrons. The lowest BCUT2D eigenvalue weighted by atomic mass is 9.81. The molecule has 1 aromatic carbocycles.